The van der Waals surface area contributed by atoms with Gasteiger partial charge < -0.3 is 34.5 Å². The number of carbonyl (C=O) groups is 2. The van der Waals surface area contributed by atoms with Gasteiger partial charge in [0.15, 0.2) is 17.8 Å². The lowest BCUT2D eigenvalue weighted by Crippen LogP contribution is -2.62. The van der Waals surface area contributed by atoms with Crippen LogP contribution in [0.25, 0.3) is 0 Å². The van der Waals surface area contributed by atoms with Crippen molar-refractivity contribution < 1.29 is 38.7 Å². The number of ether oxygens (including phenoxy) is 4. The summed E-state index contributed by atoms with van der Waals surface area (Å²) in [7, 11) is 0. The highest BCUT2D eigenvalue weighted by Gasteiger charge is 2.46. The van der Waals surface area contributed by atoms with Gasteiger partial charge >= 0.3 is 5.97 Å². The predicted octanol–water partition coefficient (Wildman–Crippen LogP) is 11.8. The topological polar surface area (TPSA) is 124 Å². The zero-order valence-electron chi connectivity index (χ0n) is 36.9. The van der Waals surface area contributed by atoms with Crippen molar-refractivity contribution in [1.82, 2.24) is 5.32 Å². The Labute approximate surface area is 348 Å². The molecule has 1 amide bonds. The van der Waals surface area contributed by atoms with Crippen molar-refractivity contribution in [3.05, 3.63) is 23.8 Å². The van der Waals surface area contributed by atoms with Gasteiger partial charge in [-0.05, 0) is 37.5 Å². The summed E-state index contributed by atoms with van der Waals surface area (Å²) in [6, 6.07) is 4.17. The lowest BCUT2D eigenvalue weighted by atomic mass is 9.89. The molecule has 2 rings (SSSR count). The Morgan fingerprint density at radius 2 is 1.07 bits per heavy atom. The van der Waals surface area contributed by atoms with Crippen molar-refractivity contribution in [2.24, 2.45) is 5.92 Å². The molecule has 1 heterocycles. The van der Waals surface area contributed by atoms with Crippen molar-refractivity contribution in [3.63, 3.8) is 0 Å². The molecule has 0 spiro atoms. The maximum Gasteiger partial charge on any atom is 0.306 e. The number of hydrogen-bond donors (Lipinski definition) is 3. The molecule has 0 saturated carbocycles. The van der Waals surface area contributed by atoms with Crippen LogP contribution in [0.4, 0.5) is 0 Å². The van der Waals surface area contributed by atoms with Crippen molar-refractivity contribution in [1.29, 1.82) is 0 Å². The predicted molar refractivity (Wildman–Crippen MR) is 232 cm³/mol. The van der Waals surface area contributed by atoms with Gasteiger partial charge in [-0.1, -0.05) is 182 Å². The Kier molecular flexibility index (Phi) is 29.8. The Bertz CT molecular complexity index is 1150. The summed E-state index contributed by atoms with van der Waals surface area (Å²) in [5.74, 6) is -0.140. The highest BCUT2D eigenvalue weighted by atomic mass is 16.6. The van der Waals surface area contributed by atoms with Crippen molar-refractivity contribution in [2.75, 3.05) is 19.8 Å². The average Bonchev–Trinajstić information content (AvgIpc) is 3.21. The molecule has 1 unspecified atom stereocenters. The van der Waals surface area contributed by atoms with Crippen LogP contribution in [-0.4, -0.2) is 66.4 Å². The van der Waals surface area contributed by atoms with E-state index in [1.807, 2.05) is 6.92 Å². The monoisotopic (exact) mass is 804 g/mol. The molecule has 0 bridgehead atoms. The molecule has 1 aliphatic rings. The third kappa shape index (κ3) is 22.6. The molecule has 5 atom stereocenters. The number of amides is 1. The van der Waals surface area contributed by atoms with E-state index in [1.54, 1.807) is 18.2 Å². The Morgan fingerprint density at radius 1 is 0.632 bits per heavy atom. The fourth-order valence-corrected chi connectivity index (χ4v) is 7.73. The molecule has 0 radical (unpaired) electrons. The minimum atomic E-state index is -1.46. The number of unbranched alkanes of at least 4 members (excludes halogenated alkanes) is 24. The second-order valence-corrected chi connectivity index (χ2v) is 16.7. The van der Waals surface area contributed by atoms with E-state index in [2.05, 4.69) is 26.1 Å². The zero-order valence-corrected chi connectivity index (χ0v) is 36.9. The second-order valence-electron chi connectivity index (χ2n) is 16.7. The molecular formula is C48H85NO8. The van der Waals surface area contributed by atoms with Crippen molar-refractivity contribution in [3.8, 4) is 11.5 Å². The van der Waals surface area contributed by atoms with Crippen LogP contribution in [0.1, 0.15) is 218 Å². The molecule has 1 fully saturated rings. The molecule has 3 N–H and O–H groups in total. The Hall–Kier alpha value is -2.36. The van der Waals surface area contributed by atoms with Gasteiger partial charge in [0.25, 0.3) is 5.91 Å². The molecule has 9 heteroatoms. The molecule has 0 aliphatic carbocycles. The highest BCUT2D eigenvalue weighted by molar-refractivity contribution is 5.95. The fourth-order valence-electron chi connectivity index (χ4n) is 7.73. The summed E-state index contributed by atoms with van der Waals surface area (Å²) in [5, 5.41) is 23.9. The van der Waals surface area contributed by atoms with Crippen molar-refractivity contribution in [2.45, 2.75) is 232 Å². The van der Waals surface area contributed by atoms with Crippen LogP contribution in [-0.2, 0) is 14.3 Å². The average molecular weight is 804 g/mol. The zero-order chi connectivity index (χ0) is 41.4. The first kappa shape index (κ1) is 50.8. The quantitative estimate of drug-likeness (QED) is 0.0453. The Balaban J connectivity index is 1.99. The van der Waals surface area contributed by atoms with Gasteiger partial charge in [0.1, 0.15) is 12.1 Å². The molecular weight excluding hydrogens is 719 g/mol. The van der Waals surface area contributed by atoms with Crippen LogP contribution in [0.2, 0.25) is 0 Å². The van der Waals surface area contributed by atoms with E-state index < -0.39 is 36.4 Å². The summed E-state index contributed by atoms with van der Waals surface area (Å²) < 4.78 is 24.1. The van der Waals surface area contributed by atoms with Gasteiger partial charge in [0.2, 0.25) is 0 Å². The summed E-state index contributed by atoms with van der Waals surface area (Å²) in [5.41, 5.74) is 0.343. The lowest BCUT2D eigenvalue weighted by Gasteiger charge is -2.43. The molecule has 1 aliphatic heterocycles. The standard InChI is InChI=1S/C48H85NO8/c1-5-8-11-14-17-20-21-22-23-26-29-32-44(51)57-46-39(4)43(38-50)56-48(53)45(46)49-47(52)40-33-34-41(54-35-30-27-24-18-15-12-9-6-2)42(37-40)55-36-31-28-25-19-16-13-10-7-3/h33-34,37,39,43,45-46,48,50,53H,5-32,35-36,38H2,1-4H3,(H,49,52)/t39-,43-,45-,46+,48?/m1/s1. The molecule has 0 aromatic heterocycles. The molecule has 1 aromatic rings. The maximum atomic E-state index is 13.8. The van der Waals surface area contributed by atoms with Gasteiger partial charge in [0, 0.05) is 17.9 Å². The number of nitrogens with one attached hydrogen (secondary N) is 1. The largest absolute Gasteiger partial charge is 0.490 e. The second kappa shape index (κ2) is 33.5. The van der Waals surface area contributed by atoms with E-state index in [0.717, 1.165) is 44.9 Å². The fraction of sp³-hybridized carbons (Fsp3) is 0.833. The third-order valence-corrected chi connectivity index (χ3v) is 11.5. The minimum absolute atomic E-state index is 0.266. The van der Waals surface area contributed by atoms with E-state index in [0.29, 0.717) is 30.3 Å². The van der Waals surface area contributed by atoms with Gasteiger partial charge in [-0.15, -0.1) is 0 Å². The smallest absolute Gasteiger partial charge is 0.306 e. The van der Waals surface area contributed by atoms with Crippen molar-refractivity contribution >= 4 is 11.9 Å². The minimum Gasteiger partial charge on any atom is -0.490 e. The van der Waals surface area contributed by atoms with Gasteiger partial charge in [-0.2, -0.15) is 0 Å². The van der Waals surface area contributed by atoms with Gasteiger partial charge in [-0.3, -0.25) is 9.59 Å². The van der Waals surface area contributed by atoms with Crippen LogP contribution < -0.4 is 14.8 Å². The number of aliphatic hydroxyl groups is 2. The van der Waals surface area contributed by atoms with Gasteiger partial charge in [-0.25, -0.2) is 0 Å². The first-order valence-corrected chi connectivity index (χ1v) is 23.7. The summed E-state index contributed by atoms with van der Waals surface area (Å²) in [6.07, 6.45) is 29.5. The summed E-state index contributed by atoms with van der Waals surface area (Å²) in [4.78, 5) is 26.9. The molecule has 330 valence electrons. The number of carbonyl (C=O) groups excluding carboxylic acids is 2. The van der Waals surface area contributed by atoms with E-state index >= 15 is 0 Å². The highest BCUT2D eigenvalue weighted by Crippen LogP contribution is 2.31. The van der Waals surface area contributed by atoms with Crippen LogP contribution in [0.5, 0.6) is 11.5 Å². The number of benzene rings is 1. The normalized spacial score (nSPS) is 19.4. The number of hydrogen-bond acceptors (Lipinski definition) is 8. The lowest BCUT2D eigenvalue weighted by molar-refractivity contribution is -0.240. The first-order chi connectivity index (χ1) is 27.9. The van der Waals surface area contributed by atoms with E-state index in [4.69, 9.17) is 18.9 Å². The van der Waals surface area contributed by atoms with E-state index in [1.165, 1.54) is 128 Å². The van der Waals surface area contributed by atoms with E-state index in [-0.39, 0.29) is 19.0 Å². The summed E-state index contributed by atoms with van der Waals surface area (Å²) in [6.45, 7) is 9.29. The van der Waals surface area contributed by atoms with E-state index in [9.17, 15) is 19.8 Å². The molecule has 1 aromatic carbocycles. The van der Waals surface area contributed by atoms with Crippen LogP contribution >= 0.6 is 0 Å². The molecule has 1 saturated heterocycles. The summed E-state index contributed by atoms with van der Waals surface area (Å²) >= 11 is 0. The molecule has 57 heavy (non-hydrogen) atoms. The Morgan fingerprint density at radius 3 is 1.54 bits per heavy atom. The SMILES string of the molecule is CCCCCCCCCCCCCC(=O)O[C@H]1[C@H](C)[C@@H](CO)OC(O)[C@@H]1NC(=O)c1ccc(OCCCCCCCCCC)c(OCCCCCCCCCC)c1. The maximum absolute atomic E-state index is 13.8. The van der Waals surface area contributed by atoms with Crippen LogP contribution in [0.3, 0.4) is 0 Å². The van der Waals surface area contributed by atoms with Crippen LogP contribution in [0.15, 0.2) is 18.2 Å². The number of rotatable bonds is 36. The van der Waals surface area contributed by atoms with Gasteiger partial charge in [0.05, 0.1) is 25.9 Å². The first-order valence-electron chi connectivity index (χ1n) is 23.7. The van der Waals surface area contributed by atoms with Crippen LogP contribution in [0, 0.1) is 5.92 Å². The number of esters is 1. The molecule has 9 nitrogen and oxygen atoms in total. The third-order valence-electron chi connectivity index (χ3n) is 11.5. The number of aliphatic hydroxyl groups excluding tert-OH is 2.